The van der Waals surface area contributed by atoms with Crippen LogP contribution in [0.25, 0.3) is 0 Å². The van der Waals surface area contributed by atoms with Gasteiger partial charge in [0.05, 0.1) is 17.8 Å². The van der Waals surface area contributed by atoms with Crippen LogP contribution in [0.4, 0.5) is 11.6 Å². The number of anilines is 2. The summed E-state index contributed by atoms with van der Waals surface area (Å²) in [5.41, 5.74) is 1.06. The minimum atomic E-state index is -0.342. The second-order valence-corrected chi connectivity index (χ2v) is 7.72. The molecule has 0 spiro atoms. The van der Waals surface area contributed by atoms with E-state index in [1.807, 2.05) is 32.0 Å². The highest BCUT2D eigenvalue weighted by Crippen LogP contribution is 2.31. The first-order valence-corrected chi connectivity index (χ1v) is 9.65. The summed E-state index contributed by atoms with van der Waals surface area (Å²) in [5, 5.41) is 13.9. The van der Waals surface area contributed by atoms with E-state index in [0.717, 1.165) is 61.2 Å². The standard InChI is InChI=1S/C19H28N6O2/c1-12-23-19-15(5-4-6-16(19)27-12)20-9-13-7-14(26)10-25(13)18-8-17(24(2)3)21-11-22-18/h8,11,13-15,20,26H,4-7,9-10H2,1-3H3/t13-,14-,15?/m1/s1. The normalized spacial score (nSPS) is 24.9. The molecular formula is C19H28N6O2. The van der Waals surface area contributed by atoms with Gasteiger partial charge in [-0.15, -0.1) is 0 Å². The molecule has 8 nitrogen and oxygen atoms in total. The third kappa shape index (κ3) is 3.77. The number of fused-ring (bicyclic) bond motifs is 1. The molecule has 27 heavy (non-hydrogen) atoms. The minimum Gasteiger partial charge on any atom is -0.446 e. The summed E-state index contributed by atoms with van der Waals surface area (Å²) in [4.78, 5) is 17.5. The molecule has 2 aromatic rings. The van der Waals surface area contributed by atoms with E-state index in [1.54, 1.807) is 6.33 Å². The van der Waals surface area contributed by atoms with Crippen LogP contribution in [0.1, 0.15) is 42.6 Å². The summed E-state index contributed by atoms with van der Waals surface area (Å²) in [7, 11) is 3.93. The predicted molar refractivity (Wildman–Crippen MR) is 103 cm³/mol. The largest absolute Gasteiger partial charge is 0.446 e. The second kappa shape index (κ2) is 7.44. The smallest absolute Gasteiger partial charge is 0.191 e. The van der Waals surface area contributed by atoms with Crippen molar-refractivity contribution in [1.29, 1.82) is 0 Å². The van der Waals surface area contributed by atoms with Crippen LogP contribution in [0.5, 0.6) is 0 Å². The van der Waals surface area contributed by atoms with E-state index in [1.165, 1.54) is 0 Å². The monoisotopic (exact) mass is 372 g/mol. The second-order valence-electron chi connectivity index (χ2n) is 7.72. The van der Waals surface area contributed by atoms with Crippen LogP contribution in [0.3, 0.4) is 0 Å². The number of aliphatic hydroxyl groups excluding tert-OH is 1. The van der Waals surface area contributed by atoms with E-state index in [-0.39, 0.29) is 18.2 Å². The van der Waals surface area contributed by atoms with Gasteiger partial charge in [-0.05, 0) is 19.3 Å². The molecule has 1 aliphatic carbocycles. The van der Waals surface area contributed by atoms with E-state index < -0.39 is 0 Å². The van der Waals surface area contributed by atoms with E-state index in [0.29, 0.717) is 6.54 Å². The number of hydrogen-bond acceptors (Lipinski definition) is 8. The highest BCUT2D eigenvalue weighted by atomic mass is 16.4. The molecule has 8 heteroatoms. The number of β-amino-alcohol motifs (C(OH)–C–C–N with tert-alkyl or cyclic N) is 1. The fourth-order valence-corrected chi connectivity index (χ4v) is 4.12. The fraction of sp³-hybridized carbons (Fsp3) is 0.632. The van der Waals surface area contributed by atoms with E-state index >= 15 is 0 Å². The third-order valence-corrected chi connectivity index (χ3v) is 5.44. The molecule has 1 aliphatic heterocycles. The third-order valence-electron chi connectivity index (χ3n) is 5.44. The summed E-state index contributed by atoms with van der Waals surface area (Å²) in [6.07, 6.45) is 5.11. The lowest BCUT2D eigenvalue weighted by Crippen LogP contribution is -2.40. The molecule has 4 rings (SSSR count). The van der Waals surface area contributed by atoms with Crippen LogP contribution in [0.2, 0.25) is 0 Å². The molecule has 1 unspecified atom stereocenters. The number of nitrogens with zero attached hydrogens (tertiary/aromatic N) is 5. The number of nitrogens with one attached hydrogen (secondary N) is 1. The van der Waals surface area contributed by atoms with Gasteiger partial charge in [-0.1, -0.05) is 0 Å². The van der Waals surface area contributed by atoms with Crippen molar-refractivity contribution in [1.82, 2.24) is 20.3 Å². The van der Waals surface area contributed by atoms with Crippen molar-refractivity contribution in [2.24, 2.45) is 0 Å². The summed E-state index contributed by atoms with van der Waals surface area (Å²) >= 11 is 0. The lowest BCUT2D eigenvalue weighted by atomic mass is 9.96. The Morgan fingerprint density at radius 2 is 2.22 bits per heavy atom. The fourth-order valence-electron chi connectivity index (χ4n) is 4.12. The molecule has 1 fully saturated rings. The van der Waals surface area contributed by atoms with Gasteiger partial charge in [-0.2, -0.15) is 0 Å². The molecule has 0 radical (unpaired) electrons. The molecule has 0 amide bonds. The van der Waals surface area contributed by atoms with Crippen molar-refractivity contribution in [3.8, 4) is 0 Å². The highest BCUT2D eigenvalue weighted by Gasteiger charge is 2.33. The van der Waals surface area contributed by atoms with E-state index in [2.05, 4.69) is 25.2 Å². The predicted octanol–water partition coefficient (Wildman–Crippen LogP) is 1.45. The van der Waals surface area contributed by atoms with Crippen molar-refractivity contribution in [3.05, 3.63) is 29.7 Å². The van der Waals surface area contributed by atoms with Gasteiger partial charge in [0.25, 0.3) is 0 Å². The molecule has 1 saturated heterocycles. The highest BCUT2D eigenvalue weighted by molar-refractivity contribution is 5.51. The Morgan fingerprint density at radius 1 is 1.37 bits per heavy atom. The van der Waals surface area contributed by atoms with E-state index in [4.69, 9.17) is 4.42 Å². The number of aliphatic hydroxyl groups is 1. The zero-order valence-corrected chi connectivity index (χ0v) is 16.2. The van der Waals surface area contributed by atoms with Crippen molar-refractivity contribution in [3.63, 3.8) is 0 Å². The van der Waals surface area contributed by atoms with Crippen LogP contribution in [-0.4, -0.2) is 59.4 Å². The maximum atomic E-state index is 10.3. The number of aromatic nitrogens is 3. The van der Waals surface area contributed by atoms with Gasteiger partial charge in [-0.25, -0.2) is 15.0 Å². The molecule has 2 aliphatic rings. The van der Waals surface area contributed by atoms with Gasteiger partial charge in [0.1, 0.15) is 23.7 Å². The summed E-state index contributed by atoms with van der Waals surface area (Å²) in [6, 6.07) is 2.38. The first-order chi connectivity index (χ1) is 13.0. The maximum absolute atomic E-state index is 10.3. The zero-order valence-electron chi connectivity index (χ0n) is 16.2. The zero-order chi connectivity index (χ0) is 19.0. The maximum Gasteiger partial charge on any atom is 0.191 e. The van der Waals surface area contributed by atoms with Gasteiger partial charge in [0.15, 0.2) is 5.89 Å². The summed E-state index contributed by atoms with van der Waals surface area (Å²) in [6.45, 7) is 3.27. The summed E-state index contributed by atoms with van der Waals surface area (Å²) in [5.74, 6) is 3.48. The topological polar surface area (TPSA) is 90.6 Å². The number of hydrogen-bond donors (Lipinski definition) is 2. The van der Waals surface area contributed by atoms with Crippen LogP contribution >= 0.6 is 0 Å². The molecule has 0 saturated carbocycles. The Hall–Kier alpha value is -2.19. The Morgan fingerprint density at radius 3 is 3.04 bits per heavy atom. The Bertz CT molecular complexity index is 792. The van der Waals surface area contributed by atoms with Crippen molar-refractivity contribution in [2.45, 2.75) is 50.8 Å². The first-order valence-electron chi connectivity index (χ1n) is 9.65. The SMILES string of the molecule is Cc1nc2c(o1)CCCC2NC[C@H]1C[C@@H](O)CN1c1cc(N(C)C)ncn1. The molecule has 2 N–H and O–H groups in total. The van der Waals surface area contributed by atoms with Gasteiger partial charge < -0.3 is 24.6 Å². The quantitative estimate of drug-likeness (QED) is 0.815. The first kappa shape index (κ1) is 18.2. The van der Waals surface area contributed by atoms with Gasteiger partial charge in [0, 0.05) is 52.6 Å². The Kier molecular flexibility index (Phi) is 5.01. The minimum absolute atomic E-state index is 0.184. The number of aryl methyl sites for hydroxylation is 2. The van der Waals surface area contributed by atoms with Crippen molar-refractivity contribution < 1.29 is 9.52 Å². The van der Waals surface area contributed by atoms with Crippen LogP contribution in [0, 0.1) is 6.92 Å². The molecular weight excluding hydrogens is 344 g/mol. The van der Waals surface area contributed by atoms with Gasteiger partial charge >= 0.3 is 0 Å². The Labute approximate surface area is 159 Å². The molecule has 146 valence electrons. The van der Waals surface area contributed by atoms with Crippen LogP contribution in [-0.2, 0) is 6.42 Å². The summed E-state index contributed by atoms with van der Waals surface area (Å²) < 4.78 is 5.73. The lowest BCUT2D eigenvalue weighted by Gasteiger charge is -2.29. The molecule has 3 heterocycles. The Balaban J connectivity index is 1.47. The molecule has 0 bridgehead atoms. The van der Waals surface area contributed by atoms with Crippen molar-refractivity contribution >= 4 is 11.6 Å². The average Bonchev–Trinajstić information content (AvgIpc) is 3.21. The van der Waals surface area contributed by atoms with Crippen LogP contribution < -0.4 is 15.1 Å². The van der Waals surface area contributed by atoms with Gasteiger partial charge in [0.2, 0.25) is 0 Å². The lowest BCUT2D eigenvalue weighted by molar-refractivity contribution is 0.193. The molecule has 2 aromatic heterocycles. The molecule has 3 atom stereocenters. The molecule has 0 aromatic carbocycles. The number of oxazole rings is 1. The number of rotatable bonds is 5. The average molecular weight is 372 g/mol. The van der Waals surface area contributed by atoms with E-state index in [9.17, 15) is 5.11 Å². The van der Waals surface area contributed by atoms with Crippen LogP contribution in [0.15, 0.2) is 16.8 Å². The van der Waals surface area contributed by atoms with Gasteiger partial charge in [-0.3, -0.25) is 0 Å². The van der Waals surface area contributed by atoms with Crippen molar-refractivity contribution in [2.75, 3.05) is 37.0 Å².